The molecule has 1 heterocycles. The summed E-state index contributed by atoms with van der Waals surface area (Å²) < 4.78 is 5.18. The van der Waals surface area contributed by atoms with Gasteiger partial charge in [-0.25, -0.2) is 0 Å². The van der Waals surface area contributed by atoms with Gasteiger partial charge in [-0.3, -0.25) is 0 Å². The number of aromatic hydroxyl groups is 1. The van der Waals surface area contributed by atoms with Crippen LogP contribution in [0.25, 0.3) is 10.8 Å². The van der Waals surface area contributed by atoms with Gasteiger partial charge in [0.1, 0.15) is 11.5 Å². The Balaban J connectivity index is 1.66. The van der Waals surface area contributed by atoms with Gasteiger partial charge in [-0.2, -0.15) is 0 Å². The van der Waals surface area contributed by atoms with Crippen LogP contribution in [0.4, 0.5) is 0 Å². The van der Waals surface area contributed by atoms with Crippen molar-refractivity contribution in [3.63, 3.8) is 0 Å². The van der Waals surface area contributed by atoms with Gasteiger partial charge in [-0.05, 0) is 34.5 Å². The fourth-order valence-electron chi connectivity index (χ4n) is 3.09. The fraction of sp³-hybridized carbons (Fsp3) is 0.150. The average molecular weight is 319 g/mol. The molecular formula is C20H17NO3. The number of hydrogen-bond acceptors (Lipinski definition) is 4. The normalized spacial score (nSPS) is 16.7. The Kier molecular flexibility index (Phi) is 3.58. The monoisotopic (exact) mass is 319 g/mol. The average Bonchev–Trinajstić information content (AvgIpc) is 3.11. The molecule has 1 aliphatic heterocycles. The first-order valence-electron chi connectivity index (χ1n) is 7.84. The molecule has 3 aromatic rings. The van der Waals surface area contributed by atoms with Gasteiger partial charge in [0, 0.05) is 12.0 Å². The molecule has 0 radical (unpaired) electrons. The van der Waals surface area contributed by atoms with Crippen LogP contribution in [0.15, 0.2) is 65.8 Å². The summed E-state index contributed by atoms with van der Waals surface area (Å²) in [6.45, 7) is 0. The topological polar surface area (TPSA) is 51.0 Å². The van der Waals surface area contributed by atoms with E-state index in [4.69, 9.17) is 9.57 Å². The molecule has 24 heavy (non-hydrogen) atoms. The van der Waals surface area contributed by atoms with E-state index in [0.29, 0.717) is 6.42 Å². The number of ether oxygens (including phenoxy) is 1. The molecule has 0 fully saturated rings. The molecule has 0 spiro atoms. The van der Waals surface area contributed by atoms with E-state index < -0.39 is 0 Å². The molecular weight excluding hydrogens is 302 g/mol. The first kappa shape index (κ1) is 14.6. The van der Waals surface area contributed by atoms with Crippen LogP contribution < -0.4 is 4.74 Å². The van der Waals surface area contributed by atoms with Crippen molar-refractivity contribution in [2.75, 3.05) is 7.11 Å². The minimum absolute atomic E-state index is 0.149. The number of fused-ring (bicyclic) bond motifs is 1. The lowest BCUT2D eigenvalue weighted by molar-refractivity contribution is 0.0857. The van der Waals surface area contributed by atoms with Crippen molar-refractivity contribution < 1.29 is 14.7 Å². The molecule has 4 heteroatoms. The maximum atomic E-state index is 10.3. The number of rotatable bonds is 3. The zero-order valence-corrected chi connectivity index (χ0v) is 13.3. The summed E-state index contributed by atoms with van der Waals surface area (Å²) in [5.41, 5.74) is 2.56. The standard InChI is InChI=1S/C20H17NO3/c1-23-15-9-6-14(7-10-15)19-12-17(21-24-19)20-16-5-3-2-4-13(16)8-11-18(20)22/h2-11,19,22H,12H2,1H3. The maximum absolute atomic E-state index is 10.3. The highest BCUT2D eigenvalue weighted by Gasteiger charge is 2.26. The van der Waals surface area contributed by atoms with Crippen molar-refractivity contribution >= 4 is 16.5 Å². The molecule has 4 nitrogen and oxygen atoms in total. The Morgan fingerprint density at radius 1 is 1.04 bits per heavy atom. The van der Waals surface area contributed by atoms with Gasteiger partial charge in [0.25, 0.3) is 0 Å². The van der Waals surface area contributed by atoms with Crippen LogP contribution in [-0.4, -0.2) is 17.9 Å². The number of methoxy groups -OCH3 is 1. The maximum Gasteiger partial charge on any atom is 0.158 e. The van der Waals surface area contributed by atoms with Crippen molar-refractivity contribution in [3.05, 3.63) is 71.8 Å². The van der Waals surface area contributed by atoms with Gasteiger partial charge in [0.05, 0.1) is 12.8 Å². The first-order chi connectivity index (χ1) is 11.8. The van der Waals surface area contributed by atoms with Crippen LogP contribution in [0.3, 0.4) is 0 Å². The first-order valence-corrected chi connectivity index (χ1v) is 7.84. The summed E-state index contributed by atoms with van der Waals surface area (Å²) in [7, 11) is 1.64. The van der Waals surface area contributed by atoms with Crippen LogP contribution in [0.5, 0.6) is 11.5 Å². The third-order valence-electron chi connectivity index (χ3n) is 4.35. The van der Waals surface area contributed by atoms with Crippen LogP contribution in [0.2, 0.25) is 0 Å². The molecule has 0 aromatic heterocycles. The molecule has 1 aliphatic rings. The molecule has 0 saturated carbocycles. The lowest BCUT2D eigenvalue weighted by Gasteiger charge is -2.10. The number of phenolic OH excluding ortho intramolecular Hbond substituents is 1. The Morgan fingerprint density at radius 2 is 1.83 bits per heavy atom. The van der Waals surface area contributed by atoms with Gasteiger partial charge in [0.15, 0.2) is 6.10 Å². The van der Waals surface area contributed by atoms with E-state index in [1.807, 2.05) is 54.6 Å². The SMILES string of the molecule is COc1ccc(C2CC(c3c(O)ccc4ccccc34)=NO2)cc1. The summed E-state index contributed by atoms with van der Waals surface area (Å²) in [5, 5.41) is 16.6. The molecule has 1 atom stereocenters. The van der Waals surface area contributed by atoms with E-state index in [1.54, 1.807) is 13.2 Å². The van der Waals surface area contributed by atoms with Crippen LogP contribution >= 0.6 is 0 Å². The second kappa shape index (κ2) is 5.89. The van der Waals surface area contributed by atoms with Crippen molar-refractivity contribution in [1.29, 1.82) is 0 Å². The Bertz CT molecular complexity index is 916. The number of nitrogens with zero attached hydrogens (tertiary/aromatic N) is 1. The highest BCUT2D eigenvalue weighted by atomic mass is 16.6. The third-order valence-corrected chi connectivity index (χ3v) is 4.35. The van der Waals surface area contributed by atoms with E-state index in [2.05, 4.69) is 5.16 Å². The summed E-state index contributed by atoms with van der Waals surface area (Å²) >= 11 is 0. The van der Waals surface area contributed by atoms with Gasteiger partial charge in [0.2, 0.25) is 0 Å². The molecule has 0 saturated heterocycles. The van der Waals surface area contributed by atoms with Crippen LogP contribution in [-0.2, 0) is 4.84 Å². The number of hydrogen-bond donors (Lipinski definition) is 1. The highest BCUT2D eigenvalue weighted by Crippen LogP contribution is 2.35. The van der Waals surface area contributed by atoms with Gasteiger partial charge < -0.3 is 14.7 Å². The molecule has 1 unspecified atom stereocenters. The quantitative estimate of drug-likeness (QED) is 0.777. The molecule has 120 valence electrons. The molecule has 3 aromatic carbocycles. The minimum atomic E-state index is -0.149. The minimum Gasteiger partial charge on any atom is -0.507 e. The van der Waals surface area contributed by atoms with E-state index >= 15 is 0 Å². The Morgan fingerprint density at radius 3 is 2.62 bits per heavy atom. The summed E-state index contributed by atoms with van der Waals surface area (Å²) in [6.07, 6.45) is 0.470. The van der Waals surface area contributed by atoms with E-state index in [0.717, 1.165) is 33.4 Å². The molecule has 0 aliphatic carbocycles. The van der Waals surface area contributed by atoms with E-state index in [-0.39, 0.29) is 11.9 Å². The Hall–Kier alpha value is -3.01. The van der Waals surface area contributed by atoms with Gasteiger partial charge in [-0.15, -0.1) is 0 Å². The third kappa shape index (κ3) is 2.46. The second-order valence-electron chi connectivity index (χ2n) is 5.79. The van der Waals surface area contributed by atoms with Crippen LogP contribution in [0.1, 0.15) is 23.7 Å². The number of phenols is 1. The Labute approximate surface area is 139 Å². The van der Waals surface area contributed by atoms with Crippen molar-refractivity contribution in [2.24, 2.45) is 5.16 Å². The van der Waals surface area contributed by atoms with E-state index in [9.17, 15) is 5.11 Å². The molecule has 0 bridgehead atoms. The van der Waals surface area contributed by atoms with Crippen LogP contribution in [0, 0.1) is 0 Å². The number of benzene rings is 3. The number of oxime groups is 1. The summed E-state index contributed by atoms with van der Waals surface area (Å²) in [6, 6.07) is 19.3. The van der Waals surface area contributed by atoms with Crippen molar-refractivity contribution in [1.82, 2.24) is 0 Å². The molecule has 4 rings (SSSR count). The molecule has 1 N–H and O–H groups in total. The predicted molar refractivity (Wildman–Crippen MR) is 93.6 cm³/mol. The zero-order valence-electron chi connectivity index (χ0n) is 13.3. The molecule has 0 amide bonds. The lowest BCUT2D eigenvalue weighted by Crippen LogP contribution is -2.03. The smallest absolute Gasteiger partial charge is 0.158 e. The van der Waals surface area contributed by atoms with Gasteiger partial charge in [-0.1, -0.05) is 47.6 Å². The largest absolute Gasteiger partial charge is 0.507 e. The highest BCUT2D eigenvalue weighted by molar-refractivity contribution is 6.13. The second-order valence-corrected chi connectivity index (χ2v) is 5.79. The lowest BCUT2D eigenvalue weighted by atomic mass is 9.95. The summed E-state index contributed by atoms with van der Waals surface area (Å²) in [5.74, 6) is 1.04. The predicted octanol–water partition coefficient (Wildman–Crippen LogP) is 4.42. The van der Waals surface area contributed by atoms with E-state index in [1.165, 1.54) is 0 Å². The summed E-state index contributed by atoms with van der Waals surface area (Å²) in [4.78, 5) is 5.62. The zero-order chi connectivity index (χ0) is 16.5. The van der Waals surface area contributed by atoms with Crippen molar-refractivity contribution in [3.8, 4) is 11.5 Å². The fourth-order valence-corrected chi connectivity index (χ4v) is 3.09. The van der Waals surface area contributed by atoms with Gasteiger partial charge >= 0.3 is 0 Å². The van der Waals surface area contributed by atoms with Crippen molar-refractivity contribution in [2.45, 2.75) is 12.5 Å².